The van der Waals surface area contributed by atoms with Crippen LogP contribution in [0.1, 0.15) is 31.2 Å². The zero-order valence-electron chi connectivity index (χ0n) is 15.3. The van der Waals surface area contributed by atoms with Gasteiger partial charge in [0.15, 0.2) is 0 Å². The topological polar surface area (TPSA) is 53.7 Å². The number of unbranched alkanes of at least 4 members (excludes halogenated alkanes) is 1. The summed E-state index contributed by atoms with van der Waals surface area (Å²) >= 11 is 0. The Hall–Kier alpha value is -2.34. The van der Waals surface area contributed by atoms with Crippen molar-refractivity contribution in [2.24, 2.45) is 5.92 Å². The van der Waals surface area contributed by atoms with Gasteiger partial charge in [0.05, 0.1) is 25.5 Å². The number of rotatable bonds is 11. The molecule has 1 aliphatic carbocycles. The lowest BCUT2D eigenvalue weighted by Gasteiger charge is -2.11. The smallest absolute Gasteiger partial charge is 0.142 e. The summed E-state index contributed by atoms with van der Waals surface area (Å²) in [7, 11) is 0. The molecule has 0 aromatic heterocycles. The summed E-state index contributed by atoms with van der Waals surface area (Å²) in [6, 6.07) is 8.82. The van der Waals surface area contributed by atoms with Crippen LogP contribution in [0.5, 0.6) is 11.5 Å². The van der Waals surface area contributed by atoms with E-state index >= 15 is 0 Å². The molecular formula is C21H25F2NO3. The molecule has 6 heteroatoms. The summed E-state index contributed by atoms with van der Waals surface area (Å²) < 4.78 is 43.3. The van der Waals surface area contributed by atoms with Gasteiger partial charge < -0.3 is 19.9 Å². The number of halogens is 2. The number of hydrogen-bond donors (Lipinski definition) is 1. The van der Waals surface area contributed by atoms with Crippen molar-refractivity contribution in [3.05, 3.63) is 53.6 Å². The molecule has 1 aliphatic rings. The van der Waals surface area contributed by atoms with E-state index in [1.54, 1.807) is 6.07 Å². The molecule has 0 bridgehead atoms. The highest BCUT2D eigenvalue weighted by Gasteiger charge is 2.21. The maximum Gasteiger partial charge on any atom is 0.142 e. The summed E-state index contributed by atoms with van der Waals surface area (Å²) in [4.78, 5) is 0. The minimum atomic E-state index is -0.468. The Morgan fingerprint density at radius 3 is 2.56 bits per heavy atom. The first kappa shape index (κ1) is 19.4. The molecule has 0 aliphatic heterocycles. The molecule has 3 rings (SSSR count). The molecule has 2 aromatic rings. The molecule has 0 saturated heterocycles. The summed E-state index contributed by atoms with van der Waals surface area (Å²) in [5, 5.41) is 0. The quantitative estimate of drug-likeness (QED) is 0.455. The van der Waals surface area contributed by atoms with Crippen molar-refractivity contribution in [3.63, 3.8) is 0 Å². The van der Waals surface area contributed by atoms with E-state index < -0.39 is 11.6 Å². The number of hydrogen-bond acceptors (Lipinski definition) is 4. The Kier molecular flexibility index (Phi) is 6.87. The van der Waals surface area contributed by atoms with Crippen LogP contribution in [-0.2, 0) is 11.3 Å². The summed E-state index contributed by atoms with van der Waals surface area (Å²) in [5.74, 6) is 1.17. The average molecular weight is 377 g/mol. The van der Waals surface area contributed by atoms with Gasteiger partial charge in [0, 0.05) is 18.2 Å². The van der Waals surface area contributed by atoms with Gasteiger partial charge in [-0.2, -0.15) is 0 Å². The van der Waals surface area contributed by atoms with Crippen LogP contribution in [-0.4, -0.2) is 19.8 Å². The lowest BCUT2D eigenvalue weighted by atomic mass is 10.2. The first-order valence-electron chi connectivity index (χ1n) is 9.28. The van der Waals surface area contributed by atoms with Crippen LogP contribution in [0.2, 0.25) is 0 Å². The van der Waals surface area contributed by atoms with Gasteiger partial charge in [-0.25, -0.2) is 8.78 Å². The van der Waals surface area contributed by atoms with Gasteiger partial charge in [-0.1, -0.05) is 0 Å². The Bertz CT molecular complexity index is 750. The van der Waals surface area contributed by atoms with Crippen LogP contribution in [0.4, 0.5) is 14.5 Å². The molecule has 2 aromatic carbocycles. The Morgan fingerprint density at radius 1 is 0.963 bits per heavy atom. The maximum absolute atomic E-state index is 13.5. The number of nitrogens with two attached hydrogens (primary N) is 1. The van der Waals surface area contributed by atoms with E-state index in [-0.39, 0.29) is 12.2 Å². The molecule has 146 valence electrons. The Labute approximate surface area is 158 Å². The number of benzene rings is 2. The van der Waals surface area contributed by atoms with Crippen LogP contribution in [0.15, 0.2) is 36.4 Å². The zero-order chi connectivity index (χ0) is 19.1. The van der Waals surface area contributed by atoms with E-state index in [0.29, 0.717) is 30.6 Å². The maximum atomic E-state index is 13.5. The summed E-state index contributed by atoms with van der Waals surface area (Å²) in [6.07, 6.45) is 4.01. The SMILES string of the molecule is Nc1cc(OCC2CC2)ccc1OCCCCOCc1cc(F)ccc1F. The van der Waals surface area contributed by atoms with Crippen LogP contribution < -0.4 is 15.2 Å². The minimum absolute atomic E-state index is 0.0553. The van der Waals surface area contributed by atoms with E-state index in [1.165, 1.54) is 12.8 Å². The molecule has 0 unspecified atom stereocenters. The van der Waals surface area contributed by atoms with Crippen LogP contribution in [0.25, 0.3) is 0 Å². The van der Waals surface area contributed by atoms with E-state index in [0.717, 1.165) is 43.4 Å². The van der Waals surface area contributed by atoms with Crippen molar-refractivity contribution in [2.45, 2.75) is 32.3 Å². The number of anilines is 1. The van der Waals surface area contributed by atoms with Gasteiger partial charge in [0.25, 0.3) is 0 Å². The van der Waals surface area contributed by atoms with E-state index in [4.69, 9.17) is 19.9 Å². The van der Waals surface area contributed by atoms with Crippen molar-refractivity contribution in [2.75, 3.05) is 25.6 Å². The highest BCUT2D eigenvalue weighted by Crippen LogP contribution is 2.31. The lowest BCUT2D eigenvalue weighted by molar-refractivity contribution is 0.111. The number of nitrogen functional groups attached to an aromatic ring is 1. The van der Waals surface area contributed by atoms with Crippen molar-refractivity contribution in [1.29, 1.82) is 0 Å². The molecule has 0 heterocycles. The fourth-order valence-electron chi connectivity index (χ4n) is 2.57. The molecule has 0 radical (unpaired) electrons. The second kappa shape index (κ2) is 9.55. The first-order chi connectivity index (χ1) is 13.1. The summed E-state index contributed by atoms with van der Waals surface area (Å²) in [5.41, 5.74) is 6.78. The second-order valence-electron chi connectivity index (χ2n) is 6.80. The molecule has 1 fully saturated rings. The van der Waals surface area contributed by atoms with Crippen LogP contribution >= 0.6 is 0 Å². The van der Waals surface area contributed by atoms with Crippen molar-refractivity contribution in [3.8, 4) is 11.5 Å². The minimum Gasteiger partial charge on any atom is -0.493 e. The van der Waals surface area contributed by atoms with Gasteiger partial charge in [0.2, 0.25) is 0 Å². The third-order valence-electron chi connectivity index (χ3n) is 4.37. The molecule has 0 atom stereocenters. The van der Waals surface area contributed by atoms with Crippen LogP contribution in [0.3, 0.4) is 0 Å². The van der Waals surface area contributed by atoms with E-state index in [2.05, 4.69) is 0 Å². The lowest BCUT2D eigenvalue weighted by Crippen LogP contribution is -2.04. The van der Waals surface area contributed by atoms with Gasteiger partial charge in [-0.15, -0.1) is 0 Å². The molecule has 27 heavy (non-hydrogen) atoms. The predicted octanol–water partition coefficient (Wildman–Crippen LogP) is 4.71. The third kappa shape index (κ3) is 6.40. The molecule has 4 nitrogen and oxygen atoms in total. The molecular weight excluding hydrogens is 352 g/mol. The predicted molar refractivity (Wildman–Crippen MR) is 99.8 cm³/mol. The Morgan fingerprint density at radius 2 is 1.78 bits per heavy atom. The third-order valence-corrected chi connectivity index (χ3v) is 4.37. The zero-order valence-corrected chi connectivity index (χ0v) is 15.3. The Balaban J connectivity index is 1.30. The standard InChI is InChI=1S/C21H25F2NO3/c22-17-5-7-19(23)16(11-17)14-25-9-1-2-10-26-21-8-6-18(12-20(21)24)27-13-15-3-4-15/h5-8,11-12,15H,1-4,9-10,13-14,24H2. The van der Waals surface area contributed by atoms with Gasteiger partial charge in [0.1, 0.15) is 23.1 Å². The molecule has 1 saturated carbocycles. The van der Waals surface area contributed by atoms with Gasteiger partial charge in [-0.05, 0) is 61.9 Å². The molecule has 0 spiro atoms. The van der Waals surface area contributed by atoms with Gasteiger partial charge in [-0.3, -0.25) is 0 Å². The largest absolute Gasteiger partial charge is 0.493 e. The fraction of sp³-hybridized carbons (Fsp3) is 0.429. The average Bonchev–Trinajstić information content (AvgIpc) is 3.48. The van der Waals surface area contributed by atoms with Crippen molar-refractivity contribution in [1.82, 2.24) is 0 Å². The normalized spacial score (nSPS) is 13.6. The summed E-state index contributed by atoms with van der Waals surface area (Å²) in [6.45, 7) is 1.76. The fourth-order valence-corrected chi connectivity index (χ4v) is 2.57. The monoisotopic (exact) mass is 377 g/mol. The van der Waals surface area contributed by atoms with E-state index in [1.807, 2.05) is 12.1 Å². The first-order valence-corrected chi connectivity index (χ1v) is 9.28. The highest BCUT2D eigenvalue weighted by atomic mass is 19.1. The van der Waals surface area contributed by atoms with E-state index in [9.17, 15) is 8.78 Å². The van der Waals surface area contributed by atoms with Crippen LogP contribution in [0, 0.1) is 17.6 Å². The number of ether oxygens (including phenoxy) is 3. The van der Waals surface area contributed by atoms with Crippen molar-refractivity contribution >= 4 is 5.69 Å². The van der Waals surface area contributed by atoms with Crippen molar-refractivity contribution < 1.29 is 23.0 Å². The highest BCUT2D eigenvalue weighted by molar-refractivity contribution is 5.56. The molecule has 0 amide bonds. The van der Waals surface area contributed by atoms with Gasteiger partial charge >= 0.3 is 0 Å². The second-order valence-corrected chi connectivity index (χ2v) is 6.80. The molecule has 2 N–H and O–H groups in total.